The van der Waals surface area contributed by atoms with Gasteiger partial charge in [0.25, 0.3) is 0 Å². The van der Waals surface area contributed by atoms with Gasteiger partial charge in [-0.2, -0.15) is 5.10 Å². The Balaban J connectivity index is 2.25. The van der Waals surface area contributed by atoms with E-state index in [-0.39, 0.29) is 6.04 Å². The maximum atomic E-state index is 6.24. The molecule has 1 aromatic heterocycles. The first-order valence-electron chi connectivity index (χ1n) is 6.71. The summed E-state index contributed by atoms with van der Waals surface area (Å²) in [5, 5.41) is 8.14. The van der Waals surface area contributed by atoms with Crippen molar-refractivity contribution >= 4 is 27.5 Å². The van der Waals surface area contributed by atoms with E-state index in [4.69, 9.17) is 16.3 Å². The molecule has 0 aliphatic carbocycles. The van der Waals surface area contributed by atoms with E-state index in [0.717, 1.165) is 27.0 Å². The van der Waals surface area contributed by atoms with Crippen LogP contribution >= 0.6 is 27.5 Å². The predicted molar refractivity (Wildman–Crippen MR) is 88.9 cm³/mol. The summed E-state index contributed by atoms with van der Waals surface area (Å²) in [7, 11) is 3.76. The number of benzene rings is 1. The molecule has 0 amide bonds. The Bertz CT molecular complexity index is 642. The summed E-state index contributed by atoms with van der Waals surface area (Å²) in [6.07, 6.45) is 0. The van der Waals surface area contributed by atoms with Crippen molar-refractivity contribution in [3.05, 3.63) is 44.6 Å². The van der Waals surface area contributed by atoms with Crippen molar-refractivity contribution in [1.82, 2.24) is 15.1 Å². The lowest BCUT2D eigenvalue weighted by molar-refractivity contribution is 0.299. The first-order chi connectivity index (χ1) is 9.93. The van der Waals surface area contributed by atoms with Crippen LogP contribution < -0.4 is 10.1 Å². The zero-order valence-electron chi connectivity index (χ0n) is 12.6. The van der Waals surface area contributed by atoms with Crippen LogP contribution in [0, 0.1) is 6.92 Å². The number of aryl methyl sites for hydroxylation is 2. The second-order valence-corrected chi connectivity index (χ2v) is 6.23. The number of nitrogens with one attached hydrogen (secondary N) is 1. The molecule has 2 rings (SSSR count). The zero-order valence-corrected chi connectivity index (χ0v) is 14.9. The largest absolute Gasteiger partial charge is 0.488 e. The van der Waals surface area contributed by atoms with Gasteiger partial charge in [0, 0.05) is 28.7 Å². The maximum Gasteiger partial charge on any atom is 0.133 e. The summed E-state index contributed by atoms with van der Waals surface area (Å²) in [5.74, 6) is 0.838. The minimum Gasteiger partial charge on any atom is -0.488 e. The van der Waals surface area contributed by atoms with Crippen LogP contribution in [0.4, 0.5) is 0 Å². The van der Waals surface area contributed by atoms with E-state index in [0.29, 0.717) is 11.8 Å². The van der Waals surface area contributed by atoms with Crippen LogP contribution in [0.25, 0.3) is 0 Å². The summed E-state index contributed by atoms with van der Waals surface area (Å²) >= 11 is 9.72. The Morgan fingerprint density at radius 3 is 2.76 bits per heavy atom. The number of hydrogen-bond donors (Lipinski definition) is 1. The fraction of sp³-hybridized carbons (Fsp3) is 0.400. The first-order valence-corrected chi connectivity index (χ1v) is 7.88. The Labute approximate surface area is 138 Å². The lowest BCUT2D eigenvalue weighted by Gasteiger charge is -2.17. The standard InChI is InChI=1S/C15H19BrClN3O/c1-9(18-3)12-6-5-11(16)7-14(12)21-8-13-10(2)19-20(4)15(13)17/h5-7,9,18H,8H2,1-4H3. The van der Waals surface area contributed by atoms with E-state index in [1.165, 1.54) is 0 Å². The Hall–Kier alpha value is -1.04. The first kappa shape index (κ1) is 16.3. The van der Waals surface area contributed by atoms with Crippen molar-refractivity contribution in [2.45, 2.75) is 26.5 Å². The molecule has 21 heavy (non-hydrogen) atoms. The molecule has 114 valence electrons. The van der Waals surface area contributed by atoms with E-state index < -0.39 is 0 Å². The van der Waals surface area contributed by atoms with Crippen LogP contribution in [-0.2, 0) is 13.7 Å². The number of halogens is 2. The zero-order chi connectivity index (χ0) is 15.6. The van der Waals surface area contributed by atoms with Crippen molar-refractivity contribution in [3.63, 3.8) is 0 Å². The number of hydrogen-bond acceptors (Lipinski definition) is 3. The van der Waals surface area contributed by atoms with Gasteiger partial charge >= 0.3 is 0 Å². The molecule has 4 nitrogen and oxygen atoms in total. The lowest BCUT2D eigenvalue weighted by atomic mass is 10.1. The van der Waals surface area contributed by atoms with E-state index >= 15 is 0 Å². The van der Waals surface area contributed by atoms with Crippen LogP contribution in [-0.4, -0.2) is 16.8 Å². The van der Waals surface area contributed by atoms with Crippen molar-refractivity contribution in [2.75, 3.05) is 7.05 Å². The molecule has 0 saturated carbocycles. The molecule has 1 heterocycles. The molecule has 1 atom stereocenters. The summed E-state index contributed by atoms with van der Waals surface area (Å²) in [4.78, 5) is 0. The van der Waals surface area contributed by atoms with Gasteiger partial charge < -0.3 is 10.1 Å². The molecular formula is C15H19BrClN3O. The molecule has 1 aromatic carbocycles. The maximum absolute atomic E-state index is 6.24. The highest BCUT2D eigenvalue weighted by Gasteiger charge is 2.15. The van der Waals surface area contributed by atoms with Crippen molar-refractivity contribution < 1.29 is 4.74 Å². The molecule has 0 aliphatic rings. The van der Waals surface area contributed by atoms with Gasteiger partial charge in [0.05, 0.1) is 5.69 Å². The number of rotatable bonds is 5. The molecule has 1 N–H and O–H groups in total. The van der Waals surface area contributed by atoms with Crippen LogP contribution in [0.15, 0.2) is 22.7 Å². The molecule has 0 fully saturated rings. The Kier molecular flexibility index (Phi) is 5.30. The second kappa shape index (κ2) is 6.81. The van der Waals surface area contributed by atoms with Gasteiger partial charge in [0.15, 0.2) is 0 Å². The van der Waals surface area contributed by atoms with Gasteiger partial charge in [0.1, 0.15) is 17.5 Å². The smallest absolute Gasteiger partial charge is 0.133 e. The molecule has 0 bridgehead atoms. The monoisotopic (exact) mass is 371 g/mol. The van der Waals surface area contributed by atoms with E-state index in [2.05, 4.69) is 39.3 Å². The van der Waals surface area contributed by atoms with Crippen LogP contribution in [0.5, 0.6) is 5.75 Å². The molecule has 0 aliphatic heterocycles. The van der Waals surface area contributed by atoms with Gasteiger partial charge in [-0.05, 0) is 33.0 Å². The number of nitrogens with zero attached hydrogens (tertiary/aromatic N) is 2. The third-order valence-corrected chi connectivity index (χ3v) is 4.48. The Morgan fingerprint density at radius 2 is 2.19 bits per heavy atom. The molecule has 2 aromatic rings. The SMILES string of the molecule is CNC(C)c1ccc(Br)cc1OCc1c(C)nn(C)c1Cl. The summed E-state index contributed by atoms with van der Waals surface area (Å²) in [5.41, 5.74) is 2.92. The number of ether oxygens (including phenoxy) is 1. The molecule has 0 radical (unpaired) electrons. The summed E-state index contributed by atoms with van der Waals surface area (Å²) in [6.45, 7) is 4.43. The fourth-order valence-corrected chi connectivity index (χ4v) is 2.70. The van der Waals surface area contributed by atoms with Crippen LogP contribution in [0.3, 0.4) is 0 Å². The fourth-order valence-electron chi connectivity index (χ4n) is 2.13. The third-order valence-electron chi connectivity index (χ3n) is 3.52. The third kappa shape index (κ3) is 3.59. The molecule has 1 unspecified atom stereocenters. The number of aromatic nitrogens is 2. The molecular weight excluding hydrogens is 354 g/mol. The predicted octanol–water partition coefficient (Wildman–Crippen LogP) is 4.00. The highest BCUT2D eigenvalue weighted by Crippen LogP contribution is 2.30. The van der Waals surface area contributed by atoms with Gasteiger partial charge in [-0.25, -0.2) is 0 Å². The van der Waals surface area contributed by atoms with Gasteiger partial charge in [-0.15, -0.1) is 0 Å². The van der Waals surface area contributed by atoms with E-state index in [9.17, 15) is 0 Å². The highest BCUT2D eigenvalue weighted by molar-refractivity contribution is 9.10. The second-order valence-electron chi connectivity index (χ2n) is 4.96. The average molecular weight is 373 g/mol. The minimum absolute atomic E-state index is 0.207. The van der Waals surface area contributed by atoms with Crippen molar-refractivity contribution in [1.29, 1.82) is 0 Å². The van der Waals surface area contributed by atoms with Gasteiger partial charge in [0.2, 0.25) is 0 Å². The average Bonchev–Trinajstić information content (AvgIpc) is 2.69. The molecule has 6 heteroatoms. The molecule has 0 spiro atoms. The summed E-state index contributed by atoms with van der Waals surface area (Å²) < 4.78 is 8.64. The normalized spacial score (nSPS) is 12.5. The summed E-state index contributed by atoms with van der Waals surface area (Å²) in [6, 6.07) is 6.25. The van der Waals surface area contributed by atoms with Crippen molar-refractivity contribution in [2.24, 2.45) is 7.05 Å². The lowest BCUT2D eigenvalue weighted by Crippen LogP contribution is -2.13. The van der Waals surface area contributed by atoms with Crippen LogP contribution in [0.1, 0.15) is 29.8 Å². The molecule has 0 saturated heterocycles. The van der Waals surface area contributed by atoms with E-state index in [1.807, 2.05) is 33.2 Å². The van der Waals surface area contributed by atoms with E-state index in [1.54, 1.807) is 4.68 Å². The highest BCUT2D eigenvalue weighted by atomic mass is 79.9. The van der Waals surface area contributed by atoms with Gasteiger partial charge in [-0.1, -0.05) is 33.6 Å². The van der Waals surface area contributed by atoms with Gasteiger partial charge in [-0.3, -0.25) is 4.68 Å². The Morgan fingerprint density at radius 1 is 1.48 bits per heavy atom. The quantitative estimate of drug-likeness (QED) is 0.862. The topological polar surface area (TPSA) is 39.1 Å². The van der Waals surface area contributed by atoms with Crippen LogP contribution in [0.2, 0.25) is 5.15 Å². The van der Waals surface area contributed by atoms with Crippen molar-refractivity contribution in [3.8, 4) is 5.75 Å². The minimum atomic E-state index is 0.207.